The van der Waals surface area contributed by atoms with Crippen molar-refractivity contribution in [3.63, 3.8) is 0 Å². The van der Waals surface area contributed by atoms with E-state index >= 15 is 0 Å². The van der Waals surface area contributed by atoms with Crippen molar-refractivity contribution in [1.29, 1.82) is 0 Å². The Bertz CT molecular complexity index is 361. The average molecular weight is 223 g/mol. The summed E-state index contributed by atoms with van der Waals surface area (Å²) >= 11 is 0. The molecule has 1 aliphatic heterocycles. The predicted octanol–water partition coefficient (Wildman–Crippen LogP) is 2.66. The molecule has 1 N–H and O–H groups in total. The lowest BCUT2D eigenvalue weighted by Crippen LogP contribution is -2.39. The van der Waals surface area contributed by atoms with Gasteiger partial charge in [-0.1, -0.05) is 12.1 Å². The highest BCUT2D eigenvalue weighted by molar-refractivity contribution is 5.23. The second kappa shape index (κ2) is 4.52. The third-order valence-electron chi connectivity index (χ3n) is 3.33. The molecule has 0 aromatic heterocycles. The highest BCUT2D eigenvalue weighted by atomic mass is 19.1. The van der Waals surface area contributed by atoms with Gasteiger partial charge >= 0.3 is 0 Å². The fraction of sp³-hybridized carbons (Fsp3) is 0.538. The molecule has 1 aromatic rings. The first-order valence-corrected chi connectivity index (χ1v) is 5.72. The quantitative estimate of drug-likeness (QED) is 0.850. The normalized spacial score (nSPS) is 26.9. The van der Waals surface area contributed by atoms with Crippen LogP contribution in [0.4, 0.5) is 4.39 Å². The molecule has 88 valence electrons. The fourth-order valence-electron chi connectivity index (χ4n) is 2.54. The summed E-state index contributed by atoms with van der Waals surface area (Å²) < 4.78 is 19.0. The average Bonchev–Trinajstić information content (AvgIpc) is 2.67. The Hall–Kier alpha value is -0.930. The number of hydrogen-bond donors (Lipinski definition) is 1. The Balaban J connectivity index is 2.28. The zero-order valence-electron chi connectivity index (χ0n) is 9.79. The van der Waals surface area contributed by atoms with Crippen LogP contribution < -0.4 is 5.32 Å². The maximum atomic E-state index is 13.2. The molecular formula is C13H18FNO. The number of ether oxygens (including phenoxy) is 1. The summed E-state index contributed by atoms with van der Waals surface area (Å²) in [5.74, 6) is -0.195. The number of rotatable bonds is 3. The SMILES string of the molecule is CNC(c1cccc(F)c1)C1(C)CCCO1. The van der Waals surface area contributed by atoms with Crippen molar-refractivity contribution in [2.24, 2.45) is 0 Å². The molecule has 0 radical (unpaired) electrons. The van der Waals surface area contributed by atoms with E-state index in [1.807, 2.05) is 13.1 Å². The van der Waals surface area contributed by atoms with Gasteiger partial charge in [0.05, 0.1) is 11.6 Å². The minimum Gasteiger partial charge on any atom is -0.373 e. The van der Waals surface area contributed by atoms with Crippen molar-refractivity contribution < 1.29 is 9.13 Å². The summed E-state index contributed by atoms with van der Waals surface area (Å²) in [5, 5.41) is 3.24. The molecule has 1 aliphatic rings. The van der Waals surface area contributed by atoms with E-state index in [4.69, 9.17) is 4.74 Å². The van der Waals surface area contributed by atoms with Gasteiger partial charge in [-0.05, 0) is 44.5 Å². The van der Waals surface area contributed by atoms with E-state index in [1.54, 1.807) is 12.1 Å². The Morgan fingerprint density at radius 2 is 2.31 bits per heavy atom. The molecule has 2 rings (SSSR count). The highest BCUT2D eigenvalue weighted by Gasteiger charge is 2.38. The zero-order chi connectivity index (χ0) is 11.6. The van der Waals surface area contributed by atoms with E-state index in [1.165, 1.54) is 6.07 Å². The number of halogens is 1. The molecule has 1 saturated heterocycles. The highest BCUT2D eigenvalue weighted by Crippen LogP contribution is 2.37. The van der Waals surface area contributed by atoms with Crippen LogP contribution in [0, 0.1) is 5.82 Å². The Kier molecular flexibility index (Phi) is 3.26. The lowest BCUT2D eigenvalue weighted by molar-refractivity contribution is -0.0105. The maximum absolute atomic E-state index is 13.2. The van der Waals surface area contributed by atoms with Gasteiger partial charge in [0.15, 0.2) is 0 Å². The van der Waals surface area contributed by atoms with Gasteiger partial charge in [-0.25, -0.2) is 4.39 Å². The maximum Gasteiger partial charge on any atom is 0.123 e. The van der Waals surface area contributed by atoms with E-state index in [0.717, 1.165) is 25.0 Å². The molecule has 0 amide bonds. The summed E-state index contributed by atoms with van der Waals surface area (Å²) in [7, 11) is 1.89. The van der Waals surface area contributed by atoms with Crippen LogP contribution in [-0.2, 0) is 4.74 Å². The van der Waals surface area contributed by atoms with Crippen LogP contribution >= 0.6 is 0 Å². The van der Waals surface area contributed by atoms with E-state index in [9.17, 15) is 4.39 Å². The lowest BCUT2D eigenvalue weighted by Gasteiger charge is -2.33. The fourth-order valence-corrected chi connectivity index (χ4v) is 2.54. The van der Waals surface area contributed by atoms with E-state index in [0.29, 0.717) is 0 Å². The van der Waals surface area contributed by atoms with Gasteiger partial charge in [0, 0.05) is 6.61 Å². The van der Waals surface area contributed by atoms with Crippen molar-refractivity contribution in [2.45, 2.75) is 31.4 Å². The molecule has 2 atom stereocenters. The van der Waals surface area contributed by atoms with Gasteiger partial charge in [-0.3, -0.25) is 0 Å². The molecule has 2 nitrogen and oxygen atoms in total. The molecule has 3 heteroatoms. The summed E-state index contributed by atoms with van der Waals surface area (Å²) in [4.78, 5) is 0. The third-order valence-corrected chi connectivity index (χ3v) is 3.33. The molecule has 0 spiro atoms. The first-order valence-electron chi connectivity index (χ1n) is 5.72. The van der Waals surface area contributed by atoms with Crippen LogP contribution in [0.25, 0.3) is 0 Å². The Labute approximate surface area is 95.8 Å². The van der Waals surface area contributed by atoms with Crippen LogP contribution in [0.15, 0.2) is 24.3 Å². The lowest BCUT2D eigenvalue weighted by atomic mass is 9.88. The largest absolute Gasteiger partial charge is 0.373 e. The smallest absolute Gasteiger partial charge is 0.123 e. The van der Waals surface area contributed by atoms with Gasteiger partial charge in [-0.2, -0.15) is 0 Å². The molecule has 16 heavy (non-hydrogen) atoms. The van der Waals surface area contributed by atoms with Crippen molar-refractivity contribution in [1.82, 2.24) is 5.32 Å². The molecule has 0 aliphatic carbocycles. The summed E-state index contributed by atoms with van der Waals surface area (Å²) in [6, 6.07) is 6.78. The first-order chi connectivity index (χ1) is 7.65. The second-order valence-corrected chi connectivity index (χ2v) is 4.54. The molecule has 1 heterocycles. The van der Waals surface area contributed by atoms with Crippen molar-refractivity contribution in [2.75, 3.05) is 13.7 Å². The van der Waals surface area contributed by atoms with Gasteiger partial charge in [0.1, 0.15) is 5.82 Å². The van der Waals surface area contributed by atoms with Crippen LogP contribution in [0.5, 0.6) is 0 Å². The van der Waals surface area contributed by atoms with Gasteiger partial charge < -0.3 is 10.1 Å². The van der Waals surface area contributed by atoms with E-state index in [-0.39, 0.29) is 17.5 Å². The predicted molar refractivity (Wildman–Crippen MR) is 61.8 cm³/mol. The molecule has 2 unspecified atom stereocenters. The number of benzene rings is 1. The summed E-state index contributed by atoms with van der Waals surface area (Å²) in [6.45, 7) is 2.88. The van der Waals surface area contributed by atoms with Gasteiger partial charge in [0.25, 0.3) is 0 Å². The van der Waals surface area contributed by atoms with E-state index in [2.05, 4.69) is 12.2 Å². The molecule has 0 saturated carbocycles. The van der Waals surface area contributed by atoms with Crippen molar-refractivity contribution >= 4 is 0 Å². The standard InChI is InChI=1S/C13H18FNO/c1-13(7-4-8-16-13)12(15-2)10-5-3-6-11(14)9-10/h3,5-6,9,12,15H,4,7-8H2,1-2H3. The van der Waals surface area contributed by atoms with Gasteiger partial charge in [0.2, 0.25) is 0 Å². The zero-order valence-corrected chi connectivity index (χ0v) is 9.79. The van der Waals surface area contributed by atoms with Crippen molar-refractivity contribution in [3.8, 4) is 0 Å². The topological polar surface area (TPSA) is 21.3 Å². The van der Waals surface area contributed by atoms with Crippen LogP contribution in [-0.4, -0.2) is 19.3 Å². The summed E-state index contributed by atoms with van der Waals surface area (Å²) in [6.07, 6.45) is 2.08. The molecule has 1 fully saturated rings. The number of hydrogen-bond acceptors (Lipinski definition) is 2. The number of nitrogens with one attached hydrogen (secondary N) is 1. The van der Waals surface area contributed by atoms with Crippen molar-refractivity contribution in [3.05, 3.63) is 35.6 Å². The summed E-state index contributed by atoms with van der Waals surface area (Å²) in [5.41, 5.74) is 0.731. The number of likely N-dealkylation sites (N-methyl/N-ethyl adjacent to an activating group) is 1. The molecule has 1 aromatic carbocycles. The minimum atomic E-state index is -0.220. The van der Waals surface area contributed by atoms with Crippen LogP contribution in [0.2, 0.25) is 0 Å². The monoisotopic (exact) mass is 223 g/mol. The van der Waals surface area contributed by atoms with Crippen LogP contribution in [0.1, 0.15) is 31.4 Å². The van der Waals surface area contributed by atoms with Gasteiger partial charge in [-0.15, -0.1) is 0 Å². The van der Waals surface area contributed by atoms with Crippen LogP contribution in [0.3, 0.4) is 0 Å². The van der Waals surface area contributed by atoms with E-state index < -0.39 is 0 Å². The Morgan fingerprint density at radius 1 is 1.50 bits per heavy atom. The first kappa shape index (κ1) is 11.6. The third kappa shape index (κ3) is 2.11. The molecule has 0 bridgehead atoms. The second-order valence-electron chi connectivity index (χ2n) is 4.54. The Morgan fingerprint density at radius 3 is 2.88 bits per heavy atom. The molecular weight excluding hydrogens is 205 g/mol. The minimum absolute atomic E-state index is 0.0469.